The van der Waals surface area contributed by atoms with Gasteiger partial charge >= 0.3 is 17.1 Å². The van der Waals surface area contributed by atoms with E-state index in [9.17, 15) is 0 Å². The molecule has 0 N–H and O–H groups in total. The second-order valence-electron chi connectivity index (χ2n) is 1.68. The van der Waals surface area contributed by atoms with Crippen molar-refractivity contribution in [1.29, 1.82) is 0 Å². The Balaban J connectivity index is 0.000000490. The van der Waals surface area contributed by atoms with Gasteiger partial charge < -0.3 is 11.6 Å². The van der Waals surface area contributed by atoms with Crippen LogP contribution in [0.5, 0.6) is 0 Å². The Hall–Kier alpha value is -0.0705. The van der Waals surface area contributed by atoms with Crippen molar-refractivity contribution in [3.63, 3.8) is 0 Å². The average Bonchev–Trinajstić information content (AvgIpc) is 2.14. The molecular weight excluding hydrogens is 141 g/mol. The Bertz CT molecular complexity index is 107. The zero-order valence-electron chi connectivity index (χ0n) is 4.52. The Morgan fingerprint density at radius 3 is 2.62 bits per heavy atom. The third-order valence-corrected chi connectivity index (χ3v) is 1.13. The van der Waals surface area contributed by atoms with Crippen molar-refractivity contribution in [3.8, 4) is 0 Å². The fourth-order valence-electron chi connectivity index (χ4n) is 0.726. The standard InChI is InChI=1S/C6H7N.Mn/c7-5-6-3-1-2-4-6;/h5H,1-3H2;/q-2;+2. The van der Waals surface area contributed by atoms with Gasteiger partial charge in [-0.1, -0.05) is 12.8 Å². The second-order valence-corrected chi connectivity index (χ2v) is 1.68. The van der Waals surface area contributed by atoms with Gasteiger partial charge in [-0.15, -0.1) is 6.42 Å². The van der Waals surface area contributed by atoms with Crippen molar-refractivity contribution < 1.29 is 17.1 Å². The molecule has 0 aromatic rings. The Morgan fingerprint density at radius 1 is 1.62 bits per heavy atom. The second kappa shape index (κ2) is 3.87. The first-order valence-corrected chi connectivity index (χ1v) is 2.50. The van der Waals surface area contributed by atoms with Crippen LogP contribution in [0.25, 0.3) is 5.41 Å². The maximum atomic E-state index is 8.34. The first kappa shape index (κ1) is 7.93. The van der Waals surface area contributed by atoms with Gasteiger partial charge in [0.25, 0.3) is 0 Å². The minimum Gasteiger partial charge on any atom is -0.911 e. The van der Waals surface area contributed by atoms with E-state index in [0.29, 0.717) is 0 Å². The van der Waals surface area contributed by atoms with E-state index in [1.54, 1.807) is 0 Å². The molecule has 8 heavy (non-hydrogen) atoms. The molecule has 0 unspecified atom stereocenters. The van der Waals surface area contributed by atoms with Gasteiger partial charge in [-0.3, -0.25) is 6.08 Å². The van der Waals surface area contributed by atoms with Crippen LogP contribution in [0.4, 0.5) is 0 Å². The monoisotopic (exact) mass is 148 g/mol. The average molecular weight is 148 g/mol. The Labute approximate surface area is 60.1 Å². The summed E-state index contributed by atoms with van der Waals surface area (Å²) in [5, 5.41) is 8.34. The first-order chi connectivity index (χ1) is 3.43. The summed E-state index contributed by atoms with van der Waals surface area (Å²) in [6, 6.07) is 0. The molecule has 1 aliphatic carbocycles. The molecule has 43 valence electrons. The van der Waals surface area contributed by atoms with Crippen LogP contribution in [0.15, 0.2) is 5.57 Å². The molecule has 1 aliphatic rings. The first-order valence-electron chi connectivity index (χ1n) is 2.50. The molecular formula is C6H7MnN. The summed E-state index contributed by atoms with van der Waals surface area (Å²) >= 11 is 0. The molecule has 0 bridgehead atoms. The molecule has 1 nitrogen and oxygen atoms in total. The Morgan fingerprint density at radius 2 is 2.38 bits per heavy atom. The van der Waals surface area contributed by atoms with Crippen molar-refractivity contribution in [2.45, 2.75) is 19.3 Å². The van der Waals surface area contributed by atoms with Gasteiger partial charge in [0.15, 0.2) is 0 Å². The van der Waals surface area contributed by atoms with Crippen LogP contribution < -0.4 is 0 Å². The van der Waals surface area contributed by atoms with Crippen LogP contribution in [0.2, 0.25) is 0 Å². The predicted octanol–water partition coefficient (Wildman–Crippen LogP) is 1.54. The fourth-order valence-corrected chi connectivity index (χ4v) is 0.726. The molecule has 1 radical (unpaired) electrons. The van der Waals surface area contributed by atoms with Gasteiger partial charge in [-0.05, 0) is 0 Å². The predicted molar refractivity (Wildman–Crippen MR) is 30.0 cm³/mol. The minimum atomic E-state index is 0. The molecule has 0 aromatic carbocycles. The summed E-state index contributed by atoms with van der Waals surface area (Å²) in [4.78, 5) is 0. The van der Waals surface area contributed by atoms with Crippen LogP contribution in [-0.4, -0.2) is 6.21 Å². The van der Waals surface area contributed by atoms with E-state index in [4.69, 9.17) is 5.41 Å². The van der Waals surface area contributed by atoms with Crippen molar-refractivity contribution in [1.82, 2.24) is 0 Å². The molecule has 0 aliphatic heterocycles. The maximum Gasteiger partial charge on any atom is 2.00 e. The van der Waals surface area contributed by atoms with Gasteiger partial charge in [0.1, 0.15) is 0 Å². The number of hydrogen-bond acceptors (Lipinski definition) is 0. The summed E-state index contributed by atoms with van der Waals surface area (Å²) in [5.74, 6) is 0. The summed E-state index contributed by atoms with van der Waals surface area (Å²) in [5.41, 5.74) is 0.972. The van der Waals surface area contributed by atoms with Crippen LogP contribution in [0.3, 0.4) is 0 Å². The van der Waals surface area contributed by atoms with Crippen LogP contribution >= 0.6 is 0 Å². The maximum absolute atomic E-state index is 8.34. The van der Waals surface area contributed by atoms with E-state index >= 15 is 0 Å². The largest absolute Gasteiger partial charge is 2.00 e. The molecule has 0 amide bonds. The van der Waals surface area contributed by atoms with E-state index in [-0.39, 0.29) is 17.1 Å². The van der Waals surface area contributed by atoms with E-state index in [0.717, 1.165) is 31.1 Å². The van der Waals surface area contributed by atoms with E-state index in [1.807, 2.05) is 0 Å². The van der Waals surface area contributed by atoms with Gasteiger partial charge in [0.2, 0.25) is 0 Å². The minimum absolute atomic E-state index is 0. The normalized spacial score (nSPS) is 16.8. The number of allylic oxidation sites excluding steroid dienone is 2. The number of nitrogens with zero attached hydrogens (tertiary/aromatic N) is 1. The topological polar surface area (TPSA) is 22.3 Å². The third-order valence-electron chi connectivity index (χ3n) is 1.13. The van der Waals surface area contributed by atoms with Gasteiger partial charge in [0.05, 0.1) is 0 Å². The summed E-state index contributed by atoms with van der Waals surface area (Å²) in [6.07, 6.45) is 7.35. The van der Waals surface area contributed by atoms with Crippen molar-refractivity contribution in [2.75, 3.05) is 0 Å². The van der Waals surface area contributed by atoms with E-state index < -0.39 is 0 Å². The summed E-state index contributed by atoms with van der Waals surface area (Å²) in [6.45, 7) is 0. The van der Waals surface area contributed by atoms with Crippen molar-refractivity contribution >= 4 is 6.21 Å². The zero-order valence-corrected chi connectivity index (χ0v) is 5.70. The van der Waals surface area contributed by atoms with Crippen LogP contribution in [0.1, 0.15) is 19.3 Å². The molecule has 1 rings (SSSR count). The molecule has 0 fully saturated rings. The zero-order chi connectivity index (χ0) is 5.11. The fraction of sp³-hybridized carbons (Fsp3) is 0.500. The van der Waals surface area contributed by atoms with E-state index in [2.05, 4.69) is 6.08 Å². The van der Waals surface area contributed by atoms with Gasteiger partial charge in [0, 0.05) is 0 Å². The molecule has 0 spiro atoms. The quantitative estimate of drug-likeness (QED) is 0.305. The Kier molecular flexibility index (Phi) is 3.84. The van der Waals surface area contributed by atoms with E-state index in [1.165, 1.54) is 0 Å². The van der Waals surface area contributed by atoms with Crippen LogP contribution in [0, 0.1) is 6.08 Å². The third kappa shape index (κ3) is 1.81. The summed E-state index contributed by atoms with van der Waals surface area (Å²) in [7, 11) is 0. The number of rotatable bonds is 1. The SMILES string of the molecule is [Mn+2].[N-]=CC1=[C-]CCC1. The van der Waals surface area contributed by atoms with Gasteiger partial charge in [-0.25, -0.2) is 5.57 Å². The van der Waals surface area contributed by atoms with Crippen molar-refractivity contribution in [3.05, 3.63) is 17.1 Å². The van der Waals surface area contributed by atoms with Crippen molar-refractivity contribution in [2.24, 2.45) is 0 Å². The molecule has 0 aromatic heterocycles. The molecule has 2 heteroatoms. The van der Waals surface area contributed by atoms with Gasteiger partial charge in [-0.2, -0.15) is 0 Å². The molecule has 0 saturated heterocycles. The molecule has 0 atom stereocenters. The summed E-state index contributed by atoms with van der Waals surface area (Å²) < 4.78 is 0. The number of hydrogen-bond donors (Lipinski definition) is 0. The molecule has 0 heterocycles. The molecule has 0 saturated carbocycles. The van der Waals surface area contributed by atoms with Crippen LogP contribution in [-0.2, 0) is 17.1 Å². The smallest absolute Gasteiger partial charge is 0.911 e.